The fourth-order valence-electron chi connectivity index (χ4n) is 2.84. The summed E-state index contributed by atoms with van der Waals surface area (Å²) in [4.78, 5) is 1.17. The largest absolute Gasteiger partial charge is 0.302 e. The van der Waals surface area contributed by atoms with E-state index in [9.17, 15) is 0 Å². The quantitative estimate of drug-likeness (QED) is 0.387. The molecule has 0 bridgehead atoms. The summed E-state index contributed by atoms with van der Waals surface area (Å²) in [6, 6.07) is 23.4. The number of hydrogen-bond acceptors (Lipinski definition) is 4. The van der Waals surface area contributed by atoms with Crippen LogP contribution in [0.2, 0.25) is 0 Å². The first kappa shape index (κ1) is 17.1. The smallest absolute Gasteiger partial charge is 0.191 e. The molecule has 2 aromatic carbocycles. The third kappa shape index (κ3) is 3.59. The van der Waals surface area contributed by atoms with Crippen molar-refractivity contribution in [2.24, 2.45) is 0 Å². The Morgan fingerprint density at radius 1 is 0.885 bits per heavy atom. The highest BCUT2D eigenvalue weighted by molar-refractivity contribution is 7.98. The molecule has 0 atom stereocenters. The molecule has 3 nitrogen and oxygen atoms in total. The zero-order valence-corrected chi connectivity index (χ0v) is 16.1. The predicted octanol–water partition coefficient (Wildman–Crippen LogP) is 5.99. The van der Waals surface area contributed by atoms with E-state index >= 15 is 0 Å². The first-order valence-corrected chi connectivity index (χ1v) is 10.5. The Balaban J connectivity index is 1.48. The minimum Gasteiger partial charge on any atom is -0.302 e. The average Bonchev–Trinajstić information content (AvgIpc) is 3.36. The predicted molar refractivity (Wildman–Crippen MR) is 110 cm³/mol. The molecule has 2 aromatic heterocycles. The molecule has 0 amide bonds. The lowest BCUT2D eigenvalue weighted by molar-refractivity contribution is 0.688. The Bertz CT molecular complexity index is 958. The molecule has 0 N–H and O–H groups in total. The molecule has 26 heavy (non-hydrogen) atoms. The lowest BCUT2D eigenvalue weighted by Crippen LogP contribution is -1.99. The summed E-state index contributed by atoms with van der Waals surface area (Å²) in [5.41, 5.74) is 3.78. The SMILES string of the molecule is CCn1c(SCc2ccc(-c3ccccc3)cc2)nnc1-c1cccs1. The highest BCUT2D eigenvalue weighted by atomic mass is 32.2. The van der Waals surface area contributed by atoms with Crippen molar-refractivity contribution in [2.75, 3.05) is 0 Å². The van der Waals surface area contributed by atoms with Crippen LogP contribution in [-0.4, -0.2) is 14.8 Å². The van der Waals surface area contributed by atoms with Crippen molar-refractivity contribution < 1.29 is 0 Å². The second kappa shape index (κ2) is 7.89. The maximum absolute atomic E-state index is 4.41. The lowest BCUT2D eigenvalue weighted by atomic mass is 10.0. The summed E-state index contributed by atoms with van der Waals surface area (Å²) >= 11 is 3.44. The van der Waals surface area contributed by atoms with Gasteiger partial charge in [-0.05, 0) is 35.1 Å². The van der Waals surface area contributed by atoms with Crippen molar-refractivity contribution in [1.29, 1.82) is 0 Å². The number of rotatable bonds is 6. The molecule has 0 radical (unpaired) electrons. The highest BCUT2D eigenvalue weighted by Gasteiger charge is 2.13. The van der Waals surface area contributed by atoms with E-state index in [1.54, 1.807) is 23.1 Å². The van der Waals surface area contributed by atoms with Crippen molar-refractivity contribution in [3.63, 3.8) is 0 Å². The van der Waals surface area contributed by atoms with Crippen molar-refractivity contribution in [3.8, 4) is 21.8 Å². The summed E-state index contributed by atoms with van der Waals surface area (Å²) in [6.07, 6.45) is 0. The van der Waals surface area contributed by atoms with Gasteiger partial charge in [-0.3, -0.25) is 0 Å². The standard InChI is InChI=1S/C21H19N3S2/c1-2-24-20(19-9-6-14-25-19)22-23-21(24)26-15-16-10-12-18(13-11-16)17-7-4-3-5-8-17/h3-14H,2,15H2,1H3. The van der Waals surface area contributed by atoms with Crippen LogP contribution in [0.1, 0.15) is 12.5 Å². The van der Waals surface area contributed by atoms with Crippen molar-refractivity contribution >= 4 is 23.1 Å². The molecular formula is C21H19N3S2. The Morgan fingerprint density at radius 3 is 2.35 bits per heavy atom. The Kier molecular flexibility index (Phi) is 5.18. The van der Waals surface area contributed by atoms with Gasteiger partial charge in [0.25, 0.3) is 0 Å². The number of thiophene rings is 1. The molecule has 0 spiro atoms. The summed E-state index contributed by atoms with van der Waals surface area (Å²) < 4.78 is 2.19. The van der Waals surface area contributed by atoms with Crippen LogP contribution in [0.5, 0.6) is 0 Å². The molecule has 0 aliphatic rings. The zero-order chi connectivity index (χ0) is 17.8. The Labute approximate surface area is 161 Å². The monoisotopic (exact) mass is 377 g/mol. The molecule has 2 heterocycles. The summed E-state index contributed by atoms with van der Waals surface area (Å²) in [5.74, 6) is 1.85. The highest BCUT2D eigenvalue weighted by Crippen LogP contribution is 2.29. The molecule has 0 unspecified atom stereocenters. The van der Waals surface area contributed by atoms with E-state index in [1.165, 1.54) is 21.6 Å². The minimum absolute atomic E-state index is 0.871. The van der Waals surface area contributed by atoms with E-state index in [0.717, 1.165) is 23.3 Å². The van der Waals surface area contributed by atoms with Crippen LogP contribution < -0.4 is 0 Å². The molecule has 4 aromatic rings. The molecule has 0 aliphatic heterocycles. The lowest BCUT2D eigenvalue weighted by Gasteiger charge is -2.07. The van der Waals surface area contributed by atoms with Gasteiger partial charge in [-0.2, -0.15) is 0 Å². The summed E-state index contributed by atoms with van der Waals surface area (Å²) in [7, 11) is 0. The summed E-state index contributed by atoms with van der Waals surface area (Å²) in [5, 5.41) is 11.9. The van der Waals surface area contributed by atoms with Gasteiger partial charge in [-0.25, -0.2) is 0 Å². The molecule has 0 fully saturated rings. The van der Waals surface area contributed by atoms with Crippen molar-refractivity contribution in [2.45, 2.75) is 24.4 Å². The van der Waals surface area contributed by atoms with Gasteiger partial charge in [0.15, 0.2) is 11.0 Å². The van der Waals surface area contributed by atoms with Gasteiger partial charge in [0.1, 0.15) is 0 Å². The molecule has 130 valence electrons. The van der Waals surface area contributed by atoms with Crippen molar-refractivity contribution in [3.05, 3.63) is 77.7 Å². The number of thioether (sulfide) groups is 1. The molecular weight excluding hydrogens is 358 g/mol. The Morgan fingerprint density at radius 2 is 1.65 bits per heavy atom. The van der Waals surface area contributed by atoms with E-state index in [0.29, 0.717) is 0 Å². The van der Waals surface area contributed by atoms with E-state index < -0.39 is 0 Å². The van der Waals surface area contributed by atoms with E-state index in [1.807, 2.05) is 6.07 Å². The van der Waals surface area contributed by atoms with Gasteiger partial charge in [0, 0.05) is 12.3 Å². The van der Waals surface area contributed by atoms with Crippen LogP contribution in [0.4, 0.5) is 0 Å². The maximum atomic E-state index is 4.41. The van der Waals surface area contributed by atoms with Crippen LogP contribution in [0.15, 0.2) is 77.3 Å². The van der Waals surface area contributed by atoms with Crippen LogP contribution in [0, 0.1) is 0 Å². The second-order valence-corrected chi connectivity index (χ2v) is 7.77. The molecule has 0 saturated carbocycles. The van der Waals surface area contributed by atoms with Gasteiger partial charge >= 0.3 is 0 Å². The topological polar surface area (TPSA) is 30.7 Å². The second-order valence-electron chi connectivity index (χ2n) is 5.88. The van der Waals surface area contributed by atoms with E-state index in [-0.39, 0.29) is 0 Å². The Hall–Kier alpha value is -2.37. The fraction of sp³-hybridized carbons (Fsp3) is 0.143. The number of benzene rings is 2. The number of nitrogens with zero attached hydrogens (tertiary/aromatic N) is 3. The number of hydrogen-bond donors (Lipinski definition) is 0. The maximum Gasteiger partial charge on any atom is 0.191 e. The van der Waals surface area contributed by atoms with Gasteiger partial charge in [0.2, 0.25) is 0 Å². The zero-order valence-electron chi connectivity index (χ0n) is 14.5. The average molecular weight is 378 g/mol. The van der Waals surface area contributed by atoms with Crippen LogP contribution in [0.3, 0.4) is 0 Å². The fourth-order valence-corrected chi connectivity index (χ4v) is 4.52. The van der Waals surface area contributed by atoms with E-state index in [2.05, 4.69) is 87.7 Å². The molecule has 0 aliphatic carbocycles. The summed E-state index contributed by atoms with van der Waals surface area (Å²) in [6.45, 7) is 3.01. The third-order valence-corrected chi connectivity index (χ3v) is 6.11. The first-order chi connectivity index (χ1) is 12.8. The molecule has 5 heteroatoms. The molecule has 4 rings (SSSR count). The third-order valence-electron chi connectivity index (χ3n) is 4.20. The minimum atomic E-state index is 0.871. The van der Waals surface area contributed by atoms with Crippen LogP contribution in [-0.2, 0) is 12.3 Å². The van der Waals surface area contributed by atoms with Crippen molar-refractivity contribution in [1.82, 2.24) is 14.8 Å². The van der Waals surface area contributed by atoms with Gasteiger partial charge in [0.05, 0.1) is 4.88 Å². The van der Waals surface area contributed by atoms with Crippen LogP contribution in [0.25, 0.3) is 21.8 Å². The van der Waals surface area contributed by atoms with E-state index in [4.69, 9.17) is 0 Å². The van der Waals surface area contributed by atoms with Crippen LogP contribution >= 0.6 is 23.1 Å². The van der Waals surface area contributed by atoms with Gasteiger partial charge in [-0.1, -0.05) is 72.4 Å². The van der Waals surface area contributed by atoms with Gasteiger partial charge in [-0.15, -0.1) is 21.5 Å². The normalized spacial score (nSPS) is 11.0. The van der Waals surface area contributed by atoms with Gasteiger partial charge < -0.3 is 4.57 Å². The number of aromatic nitrogens is 3. The first-order valence-electron chi connectivity index (χ1n) is 8.59. The molecule has 0 saturated heterocycles.